The minimum atomic E-state index is 0.484. The van der Waals surface area contributed by atoms with Crippen molar-refractivity contribution in [2.45, 2.75) is 64.7 Å². The Bertz CT molecular complexity index is 1050. The molecule has 0 unspecified atom stereocenters. The van der Waals surface area contributed by atoms with Gasteiger partial charge < -0.3 is 9.73 Å². The van der Waals surface area contributed by atoms with E-state index in [1.54, 1.807) is 0 Å². The topological polar surface area (TPSA) is 25.2 Å². The summed E-state index contributed by atoms with van der Waals surface area (Å²) in [5.74, 6) is 2.26. The zero-order valence-electron chi connectivity index (χ0n) is 17.6. The Morgan fingerprint density at radius 1 is 0.931 bits per heavy atom. The SMILES string of the molecule is CC(C)C1=CCCc2c1oc1c(Nc3ccccc3C3CCCCC3)cccc21. The molecule has 0 bridgehead atoms. The van der Waals surface area contributed by atoms with Crippen LogP contribution in [0.25, 0.3) is 16.5 Å². The molecule has 1 N–H and O–H groups in total. The lowest BCUT2D eigenvalue weighted by atomic mass is 9.83. The summed E-state index contributed by atoms with van der Waals surface area (Å²) in [6, 6.07) is 15.4. The number of hydrogen-bond donors (Lipinski definition) is 1. The molecule has 2 aliphatic rings. The summed E-state index contributed by atoms with van der Waals surface area (Å²) < 4.78 is 6.52. The number of rotatable bonds is 4. The van der Waals surface area contributed by atoms with Gasteiger partial charge in [0.2, 0.25) is 0 Å². The summed E-state index contributed by atoms with van der Waals surface area (Å²) in [6.07, 6.45) is 11.2. The van der Waals surface area contributed by atoms with Gasteiger partial charge in [0, 0.05) is 16.6 Å². The first-order chi connectivity index (χ1) is 14.2. The summed E-state index contributed by atoms with van der Waals surface area (Å²) in [6.45, 7) is 4.52. The Kier molecular flexibility index (Phi) is 4.95. The van der Waals surface area contributed by atoms with Gasteiger partial charge in [-0.25, -0.2) is 0 Å². The molecule has 1 saturated carbocycles. The lowest BCUT2D eigenvalue weighted by Gasteiger charge is -2.24. The molecular formula is C27H31NO. The van der Waals surface area contributed by atoms with Gasteiger partial charge in [-0.1, -0.05) is 69.5 Å². The van der Waals surface area contributed by atoms with Crippen LogP contribution in [0.4, 0.5) is 11.4 Å². The third kappa shape index (κ3) is 3.39. The van der Waals surface area contributed by atoms with Crippen LogP contribution >= 0.6 is 0 Å². The summed E-state index contributed by atoms with van der Waals surface area (Å²) >= 11 is 0. The Labute approximate surface area is 174 Å². The molecule has 5 rings (SSSR count). The average Bonchev–Trinajstić information content (AvgIpc) is 3.14. The van der Waals surface area contributed by atoms with Gasteiger partial charge in [0.15, 0.2) is 5.58 Å². The van der Waals surface area contributed by atoms with Crippen molar-refractivity contribution in [2.24, 2.45) is 5.92 Å². The van der Waals surface area contributed by atoms with Crippen LogP contribution in [0.15, 0.2) is 53.0 Å². The van der Waals surface area contributed by atoms with Crippen LogP contribution < -0.4 is 5.32 Å². The van der Waals surface area contributed by atoms with E-state index in [0.29, 0.717) is 11.8 Å². The molecule has 150 valence electrons. The standard InChI is InChI=1S/C27H31NO/c1-18(2)20-13-8-14-22-23-15-9-17-25(27(23)29-26(20)22)28-24-16-7-6-12-21(24)19-10-4-3-5-11-19/h6-7,9,12-13,15-19,28H,3-5,8,10-11,14H2,1-2H3. The maximum Gasteiger partial charge on any atom is 0.158 e. The largest absolute Gasteiger partial charge is 0.454 e. The minimum absolute atomic E-state index is 0.484. The summed E-state index contributed by atoms with van der Waals surface area (Å²) in [4.78, 5) is 0. The Hall–Kier alpha value is -2.48. The normalized spacial score (nSPS) is 17.4. The number of anilines is 2. The van der Waals surface area contributed by atoms with Crippen molar-refractivity contribution in [3.05, 3.63) is 65.4 Å². The van der Waals surface area contributed by atoms with E-state index in [-0.39, 0.29) is 0 Å². The van der Waals surface area contributed by atoms with E-state index in [0.717, 1.165) is 29.9 Å². The summed E-state index contributed by atoms with van der Waals surface area (Å²) in [5.41, 5.74) is 7.53. The van der Waals surface area contributed by atoms with Crippen LogP contribution in [0.2, 0.25) is 0 Å². The van der Waals surface area contributed by atoms with Crippen LogP contribution in [0.3, 0.4) is 0 Å². The molecule has 2 nitrogen and oxygen atoms in total. The lowest BCUT2D eigenvalue weighted by molar-refractivity contribution is 0.444. The number of aryl methyl sites for hydroxylation is 1. The predicted molar refractivity (Wildman–Crippen MR) is 123 cm³/mol. The summed E-state index contributed by atoms with van der Waals surface area (Å²) in [5, 5.41) is 5.02. The number of para-hydroxylation sites is 2. The van der Waals surface area contributed by atoms with Crippen LogP contribution in [-0.4, -0.2) is 0 Å². The quantitative estimate of drug-likeness (QED) is 0.489. The van der Waals surface area contributed by atoms with E-state index in [1.165, 1.54) is 59.9 Å². The molecule has 1 aromatic heterocycles. The molecule has 0 radical (unpaired) electrons. The van der Waals surface area contributed by atoms with Gasteiger partial charge >= 0.3 is 0 Å². The van der Waals surface area contributed by atoms with Crippen LogP contribution in [0, 0.1) is 5.92 Å². The molecule has 1 fully saturated rings. The highest BCUT2D eigenvalue weighted by molar-refractivity contribution is 5.96. The molecular weight excluding hydrogens is 354 g/mol. The van der Waals surface area contributed by atoms with E-state index >= 15 is 0 Å². The first kappa shape index (κ1) is 18.5. The number of benzene rings is 2. The number of furan rings is 1. The van der Waals surface area contributed by atoms with E-state index < -0.39 is 0 Å². The molecule has 1 heterocycles. The number of hydrogen-bond acceptors (Lipinski definition) is 2. The molecule has 0 spiro atoms. The Balaban J connectivity index is 1.55. The van der Waals surface area contributed by atoms with Gasteiger partial charge in [-0.15, -0.1) is 0 Å². The lowest BCUT2D eigenvalue weighted by Crippen LogP contribution is -2.07. The third-order valence-corrected chi connectivity index (χ3v) is 6.74. The minimum Gasteiger partial charge on any atom is -0.454 e. The monoisotopic (exact) mass is 385 g/mol. The van der Waals surface area contributed by atoms with Crippen LogP contribution in [0.1, 0.15) is 75.2 Å². The fourth-order valence-electron chi connectivity index (χ4n) is 5.24. The number of fused-ring (bicyclic) bond motifs is 3. The van der Waals surface area contributed by atoms with Crippen molar-refractivity contribution in [3.63, 3.8) is 0 Å². The molecule has 2 heteroatoms. The van der Waals surface area contributed by atoms with Gasteiger partial charge in [0.25, 0.3) is 0 Å². The van der Waals surface area contributed by atoms with E-state index in [1.807, 2.05) is 0 Å². The molecule has 0 saturated heterocycles. The second-order valence-electron chi connectivity index (χ2n) is 8.99. The first-order valence-corrected chi connectivity index (χ1v) is 11.3. The molecule has 0 amide bonds. The van der Waals surface area contributed by atoms with Gasteiger partial charge in [0.1, 0.15) is 5.76 Å². The van der Waals surface area contributed by atoms with E-state index in [9.17, 15) is 0 Å². The molecule has 2 aromatic carbocycles. The fourth-order valence-corrected chi connectivity index (χ4v) is 5.24. The smallest absolute Gasteiger partial charge is 0.158 e. The first-order valence-electron chi connectivity index (χ1n) is 11.3. The molecule has 29 heavy (non-hydrogen) atoms. The van der Waals surface area contributed by atoms with E-state index in [2.05, 4.69) is 67.7 Å². The second-order valence-corrected chi connectivity index (χ2v) is 8.99. The fraction of sp³-hybridized carbons (Fsp3) is 0.407. The maximum atomic E-state index is 6.52. The average molecular weight is 386 g/mol. The van der Waals surface area contributed by atoms with Crippen molar-refractivity contribution in [3.8, 4) is 0 Å². The molecule has 0 aliphatic heterocycles. The van der Waals surface area contributed by atoms with E-state index in [4.69, 9.17) is 4.42 Å². The van der Waals surface area contributed by atoms with Gasteiger partial charge in [-0.2, -0.15) is 0 Å². The highest BCUT2D eigenvalue weighted by Gasteiger charge is 2.24. The highest BCUT2D eigenvalue weighted by atomic mass is 16.3. The summed E-state index contributed by atoms with van der Waals surface area (Å²) in [7, 11) is 0. The molecule has 2 aliphatic carbocycles. The third-order valence-electron chi connectivity index (χ3n) is 6.74. The van der Waals surface area contributed by atoms with Gasteiger partial charge in [-0.3, -0.25) is 0 Å². The predicted octanol–water partition coefficient (Wildman–Crippen LogP) is 8.21. The van der Waals surface area contributed by atoms with Crippen molar-refractivity contribution < 1.29 is 4.42 Å². The second kappa shape index (κ2) is 7.74. The highest BCUT2D eigenvalue weighted by Crippen LogP contribution is 2.42. The van der Waals surface area contributed by atoms with Crippen LogP contribution in [0.5, 0.6) is 0 Å². The molecule has 3 aromatic rings. The number of nitrogens with one attached hydrogen (secondary N) is 1. The van der Waals surface area contributed by atoms with Gasteiger partial charge in [0.05, 0.1) is 5.69 Å². The molecule has 0 atom stereocenters. The van der Waals surface area contributed by atoms with Crippen molar-refractivity contribution in [2.75, 3.05) is 5.32 Å². The zero-order chi connectivity index (χ0) is 19.8. The van der Waals surface area contributed by atoms with Gasteiger partial charge in [-0.05, 0) is 60.8 Å². The van der Waals surface area contributed by atoms with Crippen molar-refractivity contribution in [1.82, 2.24) is 0 Å². The van der Waals surface area contributed by atoms with Crippen molar-refractivity contribution in [1.29, 1.82) is 0 Å². The maximum absolute atomic E-state index is 6.52. The zero-order valence-corrected chi connectivity index (χ0v) is 17.6. The van der Waals surface area contributed by atoms with Crippen molar-refractivity contribution >= 4 is 27.9 Å². The number of allylic oxidation sites excluding steroid dienone is 2. The van der Waals surface area contributed by atoms with Crippen LogP contribution in [-0.2, 0) is 6.42 Å². The Morgan fingerprint density at radius 3 is 2.55 bits per heavy atom. The Morgan fingerprint density at radius 2 is 1.72 bits per heavy atom.